The van der Waals surface area contributed by atoms with Crippen LogP contribution in [0.15, 0.2) is 24.3 Å². The maximum atomic E-state index is 13.0. The first-order valence-corrected chi connectivity index (χ1v) is 9.87. The third kappa shape index (κ3) is 3.35. The van der Waals surface area contributed by atoms with Crippen molar-refractivity contribution in [3.8, 4) is 11.4 Å². The van der Waals surface area contributed by atoms with Gasteiger partial charge in [-0.3, -0.25) is 4.79 Å². The molecule has 0 radical (unpaired) electrons. The number of benzene rings is 1. The lowest BCUT2D eigenvalue weighted by Gasteiger charge is -2.56. The molecule has 1 amide bonds. The van der Waals surface area contributed by atoms with Gasteiger partial charge in [0.2, 0.25) is 11.7 Å². The second-order valence-corrected chi connectivity index (χ2v) is 8.84. The first-order chi connectivity index (χ1) is 13.1. The Bertz CT molecular complexity index is 811. The van der Waals surface area contributed by atoms with Crippen LogP contribution in [0.4, 0.5) is 4.39 Å². The number of aromatic nitrogens is 4. The Morgan fingerprint density at radius 1 is 1.11 bits per heavy atom. The van der Waals surface area contributed by atoms with Gasteiger partial charge < -0.3 is 5.32 Å². The predicted molar refractivity (Wildman–Crippen MR) is 96.8 cm³/mol. The van der Waals surface area contributed by atoms with Gasteiger partial charge in [0.25, 0.3) is 0 Å². The minimum Gasteiger partial charge on any atom is -0.354 e. The van der Waals surface area contributed by atoms with Crippen molar-refractivity contribution in [1.29, 1.82) is 0 Å². The van der Waals surface area contributed by atoms with Crippen molar-refractivity contribution in [3.63, 3.8) is 0 Å². The summed E-state index contributed by atoms with van der Waals surface area (Å²) < 4.78 is 13.0. The van der Waals surface area contributed by atoms with E-state index in [1.54, 1.807) is 12.1 Å². The number of nitrogens with one attached hydrogen (secondary N) is 1. The Labute approximate surface area is 157 Å². The molecule has 0 atom stereocenters. The van der Waals surface area contributed by atoms with Crippen molar-refractivity contribution in [2.45, 2.75) is 45.1 Å². The summed E-state index contributed by atoms with van der Waals surface area (Å²) in [6, 6.07) is 5.91. The standard InChI is InChI=1S/C20H24FN5O/c21-17-3-1-16(2-4-17)19-23-25-26(24-19)11-18(27)22-12-20-8-13-5-14(9-20)7-15(6-13)10-20/h1-4,13-15H,5-12H2,(H,22,27). The normalized spacial score (nSPS) is 31.2. The summed E-state index contributed by atoms with van der Waals surface area (Å²) in [6.45, 7) is 0.829. The van der Waals surface area contributed by atoms with Crippen molar-refractivity contribution in [3.05, 3.63) is 30.1 Å². The van der Waals surface area contributed by atoms with Crippen LogP contribution < -0.4 is 5.32 Å². The number of hydrogen-bond acceptors (Lipinski definition) is 4. The Balaban J connectivity index is 1.19. The molecule has 4 saturated carbocycles. The van der Waals surface area contributed by atoms with Crippen molar-refractivity contribution in [2.75, 3.05) is 6.54 Å². The number of amides is 1. The van der Waals surface area contributed by atoms with Gasteiger partial charge in [-0.1, -0.05) is 0 Å². The van der Waals surface area contributed by atoms with Gasteiger partial charge >= 0.3 is 0 Å². The molecule has 2 aromatic rings. The fourth-order valence-electron chi connectivity index (χ4n) is 6.00. The van der Waals surface area contributed by atoms with E-state index in [1.165, 1.54) is 55.5 Å². The Morgan fingerprint density at radius 2 is 1.74 bits per heavy atom. The van der Waals surface area contributed by atoms with E-state index in [0.29, 0.717) is 16.8 Å². The number of rotatable bonds is 5. The summed E-state index contributed by atoms with van der Waals surface area (Å²) in [7, 11) is 0. The molecule has 1 heterocycles. The second kappa shape index (κ2) is 6.39. The van der Waals surface area contributed by atoms with Crippen molar-refractivity contribution in [2.24, 2.45) is 23.2 Å². The molecule has 1 aromatic carbocycles. The van der Waals surface area contributed by atoms with Gasteiger partial charge in [-0.15, -0.1) is 10.2 Å². The molecule has 1 N–H and O–H groups in total. The molecule has 27 heavy (non-hydrogen) atoms. The van der Waals surface area contributed by atoms with E-state index in [0.717, 1.165) is 24.3 Å². The number of tetrazole rings is 1. The van der Waals surface area contributed by atoms with Crippen LogP contribution in [0.25, 0.3) is 11.4 Å². The van der Waals surface area contributed by atoms with Gasteiger partial charge in [0.05, 0.1) is 0 Å². The maximum Gasteiger partial charge on any atom is 0.243 e. The second-order valence-electron chi connectivity index (χ2n) is 8.84. The molecule has 1 aromatic heterocycles. The highest BCUT2D eigenvalue weighted by molar-refractivity contribution is 5.75. The van der Waals surface area contributed by atoms with Crippen LogP contribution in [-0.2, 0) is 11.3 Å². The molecule has 0 unspecified atom stereocenters. The zero-order chi connectivity index (χ0) is 18.4. The highest BCUT2D eigenvalue weighted by Crippen LogP contribution is 2.59. The van der Waals surface area contributed by atoms with Crippen LogP contribution in [-0.4, -0.2) is 32.7 Å². The summed E-state index contributed by atoms with van der Waals surface area (Å²) in [6.07, 6.45) is 8.04. The topological polar surface area (TPSA) is 72.7 Å². The zero-order valence-corrected chi connectivity index (χ0v) is 15.3. The Kier molecular flexibility index (Phi) is 3.98. The van der Waals surface area contributed by atoms with Crippen molar-refractivity contribution >= 4 is 5.91 Å². The average Bonchev–Trinajstić information content (AvgIpc) is 3.08. The first kappa shape index (κ1) is 16.8. The van der Waals surface area contributed by atoms with Gasteiger partial charge in [0, 0.05) is 12.1 Å². The molecule has 6 nitrogen and oxygen atoms in total. The van der Waals surface area contributed by atoms with Gasteiger partial charge in [0.15, 0.2) is 0 Å². The lowest BCUT2D eigenvalue weighted by molar-refractivity contribution is -0.124. The number of carbonyl (C=O) groups is 1. The Hall–Kier alpha value is -2.31. The third-order valence-electron chi connectivity index (χ3n) is 6.67. The molecular weight excluding hydrogens is 345 g/mol. The largest absolute Gasteiger partial charge is 0.354 e. The molecule has 0 aliphatic heterocycles. The quantitative estimate of drug-likeness (QED) is 0.880. The fourth-order valence-corrected chi connectivity index (χ4v) is 6.00. The number of hydrogen-bond donors (Lipinski definition) is 1. The highest BCUT2D eigenvalue weighted by Gasteiger charge is 2.50. The summed E-state index contributed by atoms with van der Waals surface area (Å²) in [5.41, 5.74) is 0.996. The molecule has 4 bridgehead atoms. The van der Waals surface area contributed by atoms with Gasteiger partial charge in [-0.2, -0.15) is 4.80 Å². The smallest absolute Gasteiger partial charge is 0.243 e. The van der Waals surface area contributed by atoms with E-state index >= 15 is 0 Å². The number of carbonyl (C=O) groups excluding carboxylic acids is 1. The Morgan fingerprint density at radius 3 is 2.37 bits per heavy atom. The molecule has 4 aliphatic carbocycles. The van der Waals surface area contributed by atoms with E-state index in [4.69, 9.17) is 0 Å². The van der Waals surface area contributed by atoms with Gasteiger partial charge in [0.1, 0.15) is 12.4 Å². The first-order valence-electron chi connectivity index (χ1n) is 9.87. The van der Waals surface area contributed by atoms with E-state index in [1.807, 2.05) is 0 Å². The number of nitrogens with zero attached hydrogens (tertiary/aromatic N) is 4. The SMILES string of the molecule is O=C(Cn1nnc(-c2ccc(F)cc2)n1)NCC12CC3CC(CC(C3)C1)C2. The van der Waals surface area contributed by atoms with Crippen LogP contribution in [0.5, 0.6) is 0 Å². The molecule has 4 aliphatic rings. The molecule has 4 fully saturated rings. The van der Waals surface area contributed by atoms with E-state index < -0.39 is 0 Å². The molecule has 6 rings (SSSR count). The van der Waals surface area contributed by atoms with Crippen molar-refractivity contribution in [1.82, 2.24) is 25.5 Å². The average molecular weight is 369 g/mol. The summed E-state index contributed by atoms with van der Waals surface area (Å²) in [5, 5.41) is 15.3. The van der Waals surface area contributed by atoms with Gasteiger partial charge in [-0.25, -0.2) is 4.39 Å². The molecule has 0 spiro atoms. The monoisotopic (exact) mass is 369 g/mol. The zero-order valence-electron chi connectivity index (χ0n) is 15.3. The van der Waals surface area contributed by atoms with Crippen LogP contribution >= 0.6 is 0 Å². The lowest BCUT2D eigenvalue weighted by atomic mass is 9.49. The van der Waals surface area contributed by atoms with E-state index in [-0.39, 0.29) is 18.3 Å². The van der Waals surface area contributed by atoms with Crippen LogP contribution in [0.2, 0.25) is 0 Å². The van der Waals surface area contributed by atoms with Crippen LogP contribution in [0.3, 0.4) is 0 Å². The van der Waals surface area contributed by atoms with E-state index in [9.17, 15) is 9.18 Å². The minimum absolute atomic E-state index is 0.0561. The minimum atomic E-state index is -0.310. The summed E-state index contributed by atoms with van der Waals surface area (Å²) >= 11 is 0. The fraction of sp³-hybridized carbons (Fsp3) is 0.600. The molecular formula is C20H24FN5O. The summed E-state index contributed by atoms with van der Waals surface area (Å²) in [4.78, 5) is 13.7. The van der Waals surface area contributed by atoms with Crippen molar-refractivity contribution < 1.29 is 9.18 Å². The van der Waals surface area contributed by atoms with Gasteiger partial charge in [-0.05, 0) is 91.2 Å². The highest BCUT2D eigenvalue weighted by atomic mass is 19.1. The van der Waals surface area contributed by atoms with Crippen LogP contribution in [0, 0.1) is 29.0 Å². The number of halogens is 1. The summed E-state index contributed by atoms with van der Waals surface area (Å²) in [5.74, 6) is 2.64. The van der Waals surface area contributed by atoms with E-state index in [2.05, 4.69) is 20.7 Å². The third-order valence-corrected chi connectivity index (χ3v) is 6.67. The molecule has 142 valence electrons. The van der Waals surface area contributed by atoms with Crippen LogP contribution in [0.1, 0.15) is 38.5 Å². The molecule has 7 heteroatoms. The maximum absolute atomic E-state index is 13.0. The predicted octanol–water partition coefficient (Wildman–Crippen LogP) is 2.81. The molecule has 0 saturated heterocycles. The lowest BCUT2D eigenvalue weighted by Crippen LogP contribution is -2.51.